The predicted molar refractivity (Wildman–Crippen MR) is 72.2 cm³/mol. The highest BCUT2D eigenvalue weighted by Gasteiger charge is 2.19. The van der Waals surface area contributed by atoms with Gasteiger partial charge in [-0.1, -0.05) is 13.8 Å². The molecular weight excluding hydrogens is 226 g/mol. The molecule has 0 bridgehead atoms. The lowest BCUT2D eigenvalue weighted by Crippen LogP contribution is -2.31. The van der Waals surface area contributed by atoms with Crippen LogP contribution < -0.4 is 5.32 Å². The van der Waals surface area contributed by atoms with E-state index >= 15 is 0 Å². The van der Waals surface area contributed by atoms with Crippen LogP contribution in [-0.4, -0.2) is 45.8 Å². The summed E-state index contributed by atoms with van der Waals surface area (Å²) in [4.78, 5) is 6.66. The van der Waals surface area contributed by atoms with E-state index in [4.69, 9.17) is 0 Å². The number of nitrogens with zero attached hydrogens (tertiary/aromatic N) is 4. The van der Waals surface area contributed by atoms with E-state index < -0.39 is 0 Å². The quantitative estimate of drug-likeness (QED) is 0.752. The lowest BCUT2D eigenvalue weighted by molar-refractivity contribution is 0.304. The number of nitrogens with one attached hydrogen (secondary N) is 1. The smallest absolute Gasteiger partial charge is 0.141 e. The van der Waals surface area contributed by atoms with Gasteiger partial charge >= 0.3 is 0 Å². The maximum atomic E-state index is 4.35. The summed E-state index contributed by atoms with van der Waals surface area (Å²) < 4.78 is 2.02. The fraction of sp³-hybridized carbons (Fsp3) is 0.846. The number of hydrogen-bond donors (Lipinski definition) is 1. The molecule has 1 N–H and O–H groups in total. The molecule has 0 saturated heterocycles. The molecule has 0 aliphatic heterocycles. The van der Waals surface area contributed by atoms with Crippen LogP contribution in [0.5, 0.6) is 0 Å². The largest absolute Gasteiger partial charge is 0.313 e. The molecule has 0 spiro atoms. The summed E-state index contributed by atoms with van der Waals surface area (Å²) in [5, 5.41) is 7.82. The van der Waals surface area contributed by atoms with Gasteiger partial charge in [0, 0.05) is 25.7 Å². The third-order valence-corrected chi connectivity index (χ3v) is 3.15. The van der Waals surface area contributed by atoms with Crippen molar-refractivity contribution in [2.75, 3.05) is 20.1 Å². The first-order valence-corrected chi connectivity index (χ1v) is 6.93. The summed E-state index contributed by atoms with van der Waals surface area (Å²) in [5.41, 5.74) is 0. The second-order valence-corrected chi connectivity index (χ2v) is 5.72. The summed E-state index contributed by atoms with van der Waals surface area (Å²) in [7, 11) is 2.14. The van der Waals surface area contributed by atoms with Gasteiger partial charge in [-0.25, -0.2) is 9.67 Å². The van der Waals surface area contributed by atoms with Crippen LogP contribution in [0.4, 0.5) is 0 Å². The molecule has 18 heavy (non-hydrogen) atoms. The molecule has 5 nitrogen and oxygen atoms in total. The molecule has 0 amide bonds. The highest BCUT2D eigenvalue weighted by atomic mass is 15.3. The standard InChI is InChI=1S/C13H25N5/c1-11(2)8-18-13(15-10-16-18)9-17(3)7-6-14-12-4-5-12/h10-12,14H,4-9H2,1-3H3. The van der Waals surface area contributed by atoms with E-state index in [2.05, 4.69) is 41.2 Å². The molecule has 1 fully saturated rings. The van der Waals surface area contributed by atoms with Crippen LogP contribution >= 0.6 is 0 Å². The lowest BCUT2D eigenvalue weighted by atomic mass is 10.2. The summed E-state index contributed by atoms with van der Waals surface area (Å²) in [6, 6.07) is 0.794. The fourth-order valence-corrected chi connectivity index (χ4v) is 1.98. The Morgan fingerprint density at radius 1 is 1.50 bits per heavy atom. The molecule has 0 aromatic carbocycles. The van der Waals surface area contributed by atoms with Crippen LogP contribution in [-0.2, 0) is 13.1 Å². The van der Waals surface area contributed by atoms with Gasteiger partial charge in [0.15, 0.2) is 0 Å². The van der Waals surface area contributed by atoms with Gasteiger partial charge in [0.25, 0.3) is 0 Å². The van der Waals surface area contributed by atoms with E-state index in [1.807, 2.05) is 4.68 Å². The van der Waals surface area contributed by atoms with Crippen LogP contribution in [0.15, 0.2) is 6.33 Å². The Morgan fingerprint density at radius 2 is 2.28 bits per heavy atom. The van der Waals surface area contributed by atoms with E-state index in [0.717, 1.165) is 38.0 Å². The topological polar surface area (TPSA) is 46.0 Å². The lowest BCUT2D eigenvalue weighted by Gasteiger charge is -2.17. The minimum absolute atomic E-state index is 0.604. The van der Waals surface area contributed by atoms with Crippen molar-refractivity contribution in [1.29, 1.82) is 0 Å². The van der Waals surface area contributed by atoms with Gasteiger partial charge in [0.05, 0.1) is 6.54 Å². The average Bonchev–Trinajstić information content (AvgIpc) is 3.02. The van der Waals surface area contributed by atoms with E-state index in [9.17, 15) is 0 Å². The van der Waals surface area contributed by atoms with E-state index in [0.29, 0.717) is 5.92 Å². The molecule has 1 saturated carbocycles. The fourth-order valence-electron chi connectivity index (χ4n) is 1.98. The van der Waals surface area contributed by atoms with Crippen molar-refractivity contribution in [2.24, 2.45) is 5.92 Å². The molecular formula is C13H25N5. The van der Waals surface area contributed by atoms with Crippen molar-refractivity contribution >= 4 is 0 Å². The van der Waals surface area contributed by atoms with Gasteiger partial charge in [0.2, 0.25) is 0 Å². The maximum Gasteiger partial charge on any atom is 0.141 e. The van der Waals surface area contributed by atoms with Crippen molar-refractivity contribution < 1.29 is 0 Å². The Kier molecular flexibility index (Phi) is 4.72. The zero-order valence-corrected chi connectivity index (χ0v) is 11.8. The zero-order chi connectivity index (χ0) is 13.0. The van der Waals surface area contributed by atoms with Crippen molar-refractivity contribution in [3.63, 3.8) is 0 Å². The second-order valence-electron chi connectivity index (χ2n) is 5.72. The normalized spacial score (nSPS) is 15.8. The Hall–Kier alpha value is -0.940. The monoisotopic (exact) mass is 251 g/mol. The third-order valence-electron chi connectivity index (χ3n) is 3.15. The van der Waals surface area contributed by atoms with Gasteiger partial charge in [-0.05, 0) is 25.8 Å². The number of likely N-dealkylation sites (N-methyl/N-ethyl adjacent to an activating group) is 1. The van der Waals surface area contributed by atoms with Crippen LogP contribution in [0, 0.1) is 5.92 Å². The second kappa shape index (κ2) is 6.29. The van der Waals surface area contributed by atoms with Gasteiger partial charge in [-0.3, -0.25) is 4.90 Å². The highest BCUT2D eigenvalue weighted by Crippen LogP contribution is 2.18. The molecule has 1 aromatic rings. The Balaban J connectivity index is 1.74. The van der Waals surface area contributed by atoms with E-state index in [-0.39, 0.29) is 0 Å². The zero-order valence-electron chi connectivity index (χ0n) is 11.8. The average molecular weight is 251 g/mol. The molecule has 2 rings (SSSR count). The van der Waals surface area contributed by atoms with Gasteiger partial charge in [-0.15, -0.1) is 0 Å². The summed E-state index contributed by atoms with van der Waals surface area (Å²) in [6.45, 7) is 8.36. The van der Waals surface area contributed by atoms with Crippen molar-refractivity contribution in [1.82, 2.24) is 25.0 Å². The molecule has 102 valence electrons. The van der Waals surface area contributed by atoms with E-state index in [1.165, 1.54) is 12.8 Å². The maximum absolute atomic E-state index is 4.35. The SMILES string of the molecule is CC(C)Cn1ncnc1CN(C)CCNC1CC1. The van der Waals surface area contributed by atoms with Crippen LogP contribution in [0.2, 0.25) is 0 Å². The van der Waals surface area contributed by atoms with Gasteiger partial charge < -0.3 is 5.32 Å². The summed E-state index contributed by atoms with van der Waals surface area (Å²) in [5.74, 6) is 1.67. The molecule has 5 heteroatoms. The van der Waals surface area contributed by atoms with Crippen LogP contribution in [0.3, 0.4) is 0 Å². The van der Waals surface area contributed by atoms with Crippen molar-refractivity contribution in [3.05, 3.63) is 12.2 Å². The third kappa shape index (κ3) is 4.38. The van der Waals surface area contributed by atoms with E-state index in [1.54, 1.807) is 6.33 Å². The summed E-state index contributed by atoms with van der Waals surface area (Å²) >= 11 is 0. The molecule has 0 unspecified atom stereocenters. The molecule has 0 atom stereocenters. The minimum atomic E-state index is 0.604. The van der Waals surface area contributed by atoms with Crippen LogP contribution in [0.25, 0.3) is 0 Å². The Morgan fingerprint density at radius 3 is 2.94 bits per heavy atom. The first-order chi connectivity index (χ1) is 8.65. The molecule has 1 heterocycles. The van der Waals surface area contributed by atoms with Gasteiger partial charge in [-0.2, -0.15) is 5.10 Å². The Labute approximate surface area is 110 Å². The van der Waals surface area contributed by atoms with Crippen molar-refractivity contribution in [2.45, 2.75) is 45.8 Å². The molecule has 1 aromatic heterocycles. The first-order valence-electron chi connectivity index (χ1n) is 6.93. The Bertz CT molecular complexity index is 356. The molecule has 1 aliphatic carbocycles. The first kappa shape index (κ1) is 13.5. The predicted octanol–water partition coefficient (Wildman–Crippen LogP) is 1.12. The van der Waals surface area contributed by atoms with Crippen LogP contribution in [0.1, 0.15) is 32.5 Å². The number of rotatable bonds is 8. The molecule has 1 aliphatic rings. The highest BCUT2D eigenvalue weighted by molar-refractivity contribution is 4.85. The van der Waals surface area contributed by atoms with Gasteiger partial charge in [0.1, 0.15) is 12.2 Å². The number of aromatic nitrogens is 3. The number of hydrogen-bond acceptors (Lipinski definition) is 4. The van der Waals surface area contributed by atoms with Crippen molar-refractivity contribution in [3.8, 4) is 0 Å². The molecule has 0 radical (unpaired) electrons. The minimum Gasteiger partial charge on any atom is -0.313 e. The summed E-state index contributed by atoms with van der Waals surface area (Å²) in [6.07, 6.45) is 4.37.